The summed E-state index contributed by atoms with van der Waals surface area (Å²) in [5, 5.41) is 0. The lowest BCUT2D eigenvalue weighted by molar-refractivity contribution is -0.145. The van der Waals surface area contributed by atoms with E-state index in [1.54, 1.807) is 0 Å². The SMILES string of the molecule is C=CC(=O)CC(=O)OCCCC.C=CC(=O)COC(=O)OCCC.C=CC(C)=O.CCC. The highest BCUT2D eigenvalue weighted by Crippen LogP contribution is 1.93. The highest BCUT2D eigenvalue weighted by Gasteiger charge is 2.06. The number of unbranched alkanes of at least 4 members (excludes halogenated alkanes) is 1. The summed E-state index contributed by atoms with van der Waals surface area (Å²) in [6.07, 6.45) is 6.29. The molecule has 0 atom stereocenters. The van der Waals surface area contributed by atoms with Crippen LogP contribution in [0.4, 0.5) is 4.79 Å². The van der Waals surface area contributed by atoms with Gasteiger partial charge in [-0.15, -0.1) is 0 Å². The van der Waals surface area contributed by atoms with Crippen molar-refractivity contribution in [2.45, 2.75) is 66.7 Å². The van der Waals surface area contributed by atoms with Gasteiger partial charge in [-0.2, -0.15) is 0 Å². The molecule has 0 aliphatic carbocycles. The minimum absolute atomic E-state index is 0.0185. The summed E-state index contributed by atoms with van der Waals surface area (Å²) in [6.45, 7) is 19.7. The van der Waals surface area contributed by atoms with Crippen LogP contribution in [-0.2, 0) is 33.4 Å². The predicted octanol–water partition coefficient (Wildman–Crippen LogP) is 4.96. The van der Waals surface area contributed by atoms with Crippen molar-refractivity contribution >= 4 is 29.5 Å². The Bertz CT molecular complexity index is 564. The van der Waals surface area contributed by atoms with Crippen LogP contribution in [0.2, 0.25) is 0 Å². The fourth-order valence-electron chi connectivity index (χ4n) is 1.01. The highest BCUT2D eigenvalue weighted by molar-refractivity contribution is 6.01. The van der Waals surface area contributed by atoms with Gasteiger partial charge in [-0.25, -0.2) is 4.79 Å². The Balaban J connectivity index is -0.000000184. The molecule has 0 aromatic heterocycles. The molecular weight excluding hydrogens is 416 g/mol. The van der Waals surface area contributed by atoms with E-state index in [1.807, 2.05) is 13.8 Å². The van der Waals surface area contributed by atoms with E-state index in [2.05, 4.69) is 43.1 Å². The van der Waals surface area contributed by atoms with E-state index in [9.17, 15) is 24.0 Å². The Kier molecular flexibility index (Phi) is 34.3. The Hall–Kier alpha value is -3.03. The molecule has 0 spiro atoms. The van der Waals surface area contributed by atoms with E-state index in [0.717, 1.165) is 31.4 Å². The van der Waals surface area contributed by atoms with Crippen LogP contribution in [0.3, 0.4) is 0 Å². The zero-order valence-electron chi connectivity index (χ0n) is 20.3. The van der Waals surface area contributed by atoms with Gasteiger partial charge in [0.1, 0.15) is 6.42 Å². The van der Waals surface area contributed by atoms with Gasteiger partial charge in [-0.05, 0) is 38.0 Å². The van der Waals surface area contributed by atoms with Crippen LogP contribution in [0, 0.1) is 0 Å². The van der Waals surface area contributed by atoms with Crippen molar-refractivity contribution < 1.29 is 38.2 Å². The number of esters is 1. The van der Waals surface area contributed by atoms with Gasteiger partial charge in [0.25, 0.3) is 0 Å². The molecule has 0 unspecified atom stereocenters. The van der Waals surface area contributed by atoms with Gasteiger partial charge >= 0.3 is 12.1 Å². The minimum Gasteiger partial charge on any atom is -0.465 e. The van der Waals surface area contributed by atoms with Crippen LogP contribution < -0.4 is 0 Å². The van der Waals surface area contributed by atoms with Gasteiger partial charge in [0, 0.05) is 0 Å². The van der Waals surface area contributed by atoms with E-state index in [1.165, 1.54) is 19.4 Å². The monoisotopic (exact) mass is 456 g/mol. The second-order valence-electron chi connectivity index (χ2n) is 6.00. The van der Waals surface area contributed by atoms with Crippen molar-refractivity contribution in [3.8, 4) is 0 Å². The largest absolute Gasteiger partial charge is 0.508 e. The van der Waals surface area contributed by atoms with Crippen molar-refractivity contribution in [2.75, 3.05) is 19.8 Å². The summed E-state index contributed by atoms with van der Waals surface area (Å²) < 4.78 is 13.7. The smallest absolute Gasteiger partial charge is 0.465 e. The van der Waals surface area contributed by atoms with Crippen LogP contribution in [0.5, 0.6) is 0 Å². The third-order valence-corrected chi connectivity index (χ3v) is 2.58. The highest BCUT2D eigenvalue weighted by atomic mass is 16.7. The second-order valence-corrected chi connectivity index (χ2v) is 6.00. The molecule has 8 heteroatoms. The first kappa shape index (κ1) is 36.3. The van der Waals surface area contributed by atoms with Crippen molar-refractivity contribution in [3.63, 3.8) is 0 Å². The summed E-state index contributed by atoms with van der Waals surface area (Å²) in [5.41, 5.74) is 0. The molecule has 184 valence electrons. The number of hydrogen-bond acceptors (Lipinski definition) is 8. The Morgan fingerprint density at radius 1 is 0.719 bits per heavy atom. The summed E-state index contributed by atoms with van der Waals surface area (Å²) >= 11 is 0. The van der Waals surface area contributed by atoms with E-state index in [-0.39, 0.29) is 30.4 Å². The number of rotatable bonds is 12. The summed E-state index contributed by atoms with van der Waals surface area (Å²) in [6, 6.07) is 0. The topological polar surface area (TPSA) is 113 Å². The Morgan fingerprint density at radius 2 is 1.22 bits per heavy atom. The standard InChI is InChI=1S/C9H14O3.C8H12O4.C4H6O.C3H8/c1-3-5-6-12-9(11)7-8(10)4-2;1-3-5-11-8(10)12-6-7(9)4-2;1-3-4(2)5;1-3-2/h4H,2-3,5-7H2,1H3;4H,2-3,5-6H2,1H3;3H,1H2,2H3;3H2,1-2H3. The average Bonchev–Trinajstić information content (AvgIpc) is 2.77. The van der Waals surface area contributed by atoms with Crippen molar-refractivity contribution in [3.05, 3.63) is 38.0 Å². The lowest BCUT2D eigenvalue weighted by Gasteiger charge is -2.02. The molecule has 0 radical (unpaired) electrons. The maximum atomic E-state index is 10.8. The summed E-state index contributed by atoms with van der Waals surface area (Å²) in [4.78, 5) is 52.3. The van der Waals surface area contributed by atoms with Gasteiger partial charge in [-0.1, -0.05) is 60.3 Å². The van der Waals surface area contributed by atoms with Gasteiger partial charge in [-0.3, -0.25) is 19.2 Å². The molecule has 0 aromatic carbocycles. The van der Waals surface area contributed by atoms with Crippen LogP contribution in [0.25, 0.3) is 0 Å². The van der Waals surface area contributed by atoms with E-state index in [4.69, 9.17) is 4.74 Å². The number of ether oxygens (including phenoxy) is 3. The van der Waals surface area contributed by atoms with Gasteiger partial charge in [0.15, 0.2) is 24.0 Å². The van der Waals surface area contributed by atoms with Gasteiger partial charge in [0.2, 0.25) is 0 Å². The fraction of sp³-hybridized carbons (Fsp3) is 0.542. The molecule has 0 aliphatic rings. The molecule has 0 bridgehead atoms. The van der Waals surface area contributed by atoms with Crippen LogP contribution in [0.1, 0.15) is 66.7 Å². The van der Waals surface area contributed by atoms with Crippen LogP contribution in [0.15, 0.2) is 38.0 Å². The molecule has 32 heavy (non-hydrogen) atoms. The second kappa shape index (κ2) is 30.2. The first-order valence-electron chi connectivity index (χ1n) is 10.5. The molecule has 0 N–H and O–H groups in total. The maximum absolute atomic E-state index is 10.8. The summed E-state index contributed by atoms with van der Waals surface area (Å²) in [7, 11) is 0. The van der Waals surface area contributed by atoms with Crippen LogP contribution >= 0.6 is 0 Å². The quantitative estimate of drug-likeness (QED) is 0.175. The molecular formula is C24H40O8. The molecule has 0 rings (SSSR count). The zero-order chi connectivity index (χ0) is 25.8. The maximum Gasteiger partial charge on any atom is 0.508 e. The first-order chi connectivity index (χ1) is 15.1. The number of carbonyl (C=O) groups excluding carboxylic acids is 5. The molecule has 0 aliphatic heterocycles. The molecule has 0 aromatic rings. The van der Waals surface area contributed by atoms with E-state index < -0.39 is 12.1 Å². The molecule has 0 saturated heterocycles. The van der Waals surface area contributed by atoms with Crippen molar-refractivity contribution in [1.82, 2.24) is 0 Å². The van der Waals surface area contributed by atoms with Crippen molar-refractivity contribution in [1.29, 1.82) is 0 Å². The molecule has 8 nitrogen and oxygen atoms in total. The molecule has 0 fully saturated rings. The molecule has 0 saturated carbocycles. The van der Waals surface area contributed by atoms with Gasteiger partial charge < -0.3 is 14.2 Å². The van der Waals surface area contributed by atoms with Gasteiger partial charge in [0.05, 0.1) is 13.2 Å². The Morgan fingerprint density at radius 3 is 1.59 bits per heavy atom. The summed E-state index contributed by atoms with van der Waals surface area (Å²) in [5.74, 6) is -1.08. The lowest BCUT2D eigenvalue weighted by atomic mass is 10.3. The lowest BCUT2D eigenvalue weighted by Crippen LogP contribution is -2.13. The number of allylic oxidation sites excluding steroid dienone is 2. The van der Waals surface area contributed by atoms with Crippen molar-refractivity contribution in [2.24, 2.45) is 0 Å². The third-order valence-electron chi connectivity index (χ3n) is 2.58. The average molecular weight is 457 g/mol. The Labute approximate surface area is 192 Å². The number of ketones is 3. The van der Waals surface area contributed by atoms with Crippen LogP contribution in [-0.4, -0.2) is 49.3 Å². The normalized spacial score (nSPS) is 8.28. The van der Waals surface area contributed by atoms with E-state index in [0.29, 0.717) is 13.2 Å². The number of carbonyl (C=O) groups is 5. The fourth-order valence-corrected chi connectivity index (χ4v) is 1.01. The minimum atomic E-state index is -0.813. The molecule has 0 heterocycles. The third kappa shape index (κ3) is 41.4. The molecule has 0 amide bonds. The number of hydrogen-bond donors (Lipinski definition) is 0. The van der Waals surface area contributed by atoms with E-state index >= 15 is 0 Å². The first-order valence-corrected chi connectivity index (χ1v) is 10.5. The zero-order valence-corrected chi connectivity index (χ0v) is 20.3. The predicted molar refractivity (Wildman–Crippen MR) is 125 cm³/mol.